The second-order valence-corrected chi connectivity index (χ2v) is 8.74. The van der Waals surface area contributed by atoms with E-state index in [2.05, 4.69) is 15.6 Å². The molecule has 0 unspecified atom stereocenters. The Morgan fingerprint density at radius 3 is 2.79 bits per heavy atom. The third-order valence-electron chi connectivity index (χ3n) is 4.46. The lowest BCUT2D eigenvalue weighted by molar-refractivity contribution is -0.123. The Labute approximate surface area is 169 Å². The molecule has 0 fully saturated rings. The van der Waals surface area contributed by atoms with Crippen LogP contribution in [0.5, 0.6) is 5.75 Å². The molecule has 0 saturated heterocycles. The van der Waals surface area contributed by atoms with Crippen LogP contribution < -0.4 is 15.4 Å². The summed E-state index contributed by atoms with van der Waals surface area (Å²) in [5.41, 5.74) is 1.52. The van der Waals surface area contributed by atoms with Crippen molar-refractivity contribution >= 4 is 27.5 Å². The van der Waals surface area contributed by atoms with Gasteiger partial charge in [-0.3, -0.25) is 14.6 Å². The van der Waals surface area contributed by atoms with Gasteiger partial charge in [0.15, 0.2) is 6.10 Å². The molecule has 0 spiro atoms. The van der Waals surface area contributed by atoms with E-state index in [1.54, 1.807) is 44.3 Å². The van der Waals surface area contributed by atoms with Gasteiger partial charge in [0.05, 0.1) is 29.4 Å². The molecule has 1 aliphatic rings. The Morgan fingerprint density at radius 1 is 1.34 bits per heavy atom. The summed E-state index contributed by atoms with van der Waals surface area (Å²) in [7, 11) is -2.61. The van der Waals surface area contributed by atoms with E-state index >= 15 is 0 Å². The largest absolute Gasteiger partial charge is 0.479 e. The number of rotatable bonds is 6. The minimum absolute atomic E-state index is 0.0135. The van der Waals surface area contributed by atoms with Gasteiger partial charge in [0.25, 0.3) is 5.91 Å². The maximum Gasteiger partial charge on any atom is 0.265 e. The minimum atomic E-state index is -3.95. The van der Waals surface area contributed by atoms with Crippen LogP contribution in [0.1, 0.15) is 18.2 Å². The number of carbonyl (C=O) groups excluding carboxylic acids is 2. The Balaban J connectivity index is 1.73. The topological polar surface area (TPSA) is 118 Å². The summed E-state index contributed by atoms with van der Waals surface area (Å²) in [4.78, 5) is 28.0. The Bertz CT molecular complexity index is 1040. The molecule has 1 atom stereocenters. The number of carbonyl (C=O) groups is 2. The normalized spacial score (nSPS) is 16.0. The molecule has 0 aliphatic carbocycles. The van der Waals surface area contributed by atoms with Crippen molar-refractivity contribution in [2.75, 3.05) is 18.9 Å². The summed E-state index contributed by atoms with van der Waals surface area (Å²) in [6.45, 7) is 3.05. The number of amides is 2. The first-order valence-corrected chi connectivity index (χ1v) is 10.4. The number of ether oxygens (including phenoxy) is 1. The number of aromatic nitrogens is 1. The maximum absolute atomic E-state index is 13.0. The monoisotopic (exact) mass is 418 g/mol. The second kappa shape index (κ2) is 8.18. The van der Waals surface area contributed by atoms with Crippen molar-refractivity contribution in [2.24, 2.45) is 0 Å². The van der Waals surface area contributed by atoms with E-state index in [9.17, 15) is 18.0 Å². The zero-order valence-electron chi connectivity index (χ0n) is 16.3. The van der Waals surface area contributed by atoms with E-state index in [1.165, 1.54) is 13.1 Å². The summed E-state index contributed by atoms with van der Waals surface area (Å²) in [6.07, 6.45) is 0.887. The van der Waals surface area contributed by atoms with E-state index < -0.39 is 22.0 Å². The van der Waals surface area contributed by atoms with Gasteiger partial charge in [-0.1, -0.05) is 6.07 Å². The summed E-state index contributed by atoms with van der Waals surface area (Å²) >= 11 is 0. The van der Waals surface area contributed by atoms with E-state index in [0.717, 1.165) is 4.31 Å². The molecule has 29 heavy (non-hydrogen) atoms. The standard InChI is InChI=1S/C19H22N4O5S/c1-12-8-15-16(28-13(2)19(25)22-15)9-17(12)29(26,27)23(3)11-18(24)21-10-14-6-4-5-7-20-14/h4-9,13H,10-11H2,1-3H3,(H,21,24)(H,22,25)/t13-/m1/s1. The van der Waals surface area contributed by atoms with E-state index in [-0.39, 0.29) is 29.6 Å². The quantitative estimate of drug-likeness (QED) is 0.724. The number of benzene rings is 1. The number of anilines is 1. The fourth-order valence-electron chi connectivity index (χ4n) is 2.82. The number of hydrogen-bond donors (Lipinski definition) is 2. The van der Waals surface area contributed by atoms with Crippen LogP contribution in [0.4, 0.5) is 5.69 Å². The van der Waals surface area contributed by atoms with Crippen LogP contribution in [-0.4, -0.2) is 49.2 Å². The zero-order chi connectivity index (χ0) is 21.2. The molecule has 10 heteroatoms. The molecule has 0 saturated carbocycles. The molecular formula is C19H22N4O5S. The SMILES string of the molecule is Cc1cc2c(cc1S(=O)(=O)N(C)CC(=O)NCc1ccccn1)O[C@H](C)C(=O)N2. The number of pyridine rings is 1. The molecule has 2 amide bonds. The van der Waals surface area contributed by atoms with E-state index in [1.807, 2.05) is 0 Å². The average molecular weight is 418 g/mol. The summed E-state index contributed by atoms with van der Waals surface area (Å²) in [5, 5.41) is 5.33. The van der Waals surface area contributed by atoms with Crippen LogP contribution in [-0.2, 0) is 26.2 Å². The van der Waals surface area contributed by atoms with Gasteiger partial charge >= 0.3 is 0 Å². The van der Waals surface area contributed by atoms with Crippen molar-refractivity contribution in [2.45, 2.75) is 31.4 Å². The molecule has 2 aromatic rings. The second-order valence-electron chi connectivity index (χ2n) is 6.72. The molecule has 0 radical (unpaired) electrons. The molecule has 0 bridgehead atoms. The average Bonchev–Trinajstić information content (AvgIpc) is 2.68. The van der Waals surface area contributed by atoms with Crippen LogP contribution in [0.2, 0.25) is 0 Å². The number of hydrogen-bond acceptors (Lipinski definition) is 6. The van der Waals surface area contributed by atoms with Crippen LogP contribution in [0.15, 0.2) is 41.4 Å². The molecule has 1 aromatic carbocycles. The lowest BCUT2D eigenvalue weighted by Crippen LogP contribution is -2.38. The zero-order valence-corrected chi connectivity index (χ0v) is 17.1. The van der Waals surface area contributed by atoms with Gasteiger partial charge in [-0.05, 0) is 37.6 Å². The summed E-state index contributed by atoms with van der Waals surface area (Å²) < 4.78 is 32.4. The highest BCUT2D eigenvalue weighted by Gasteiger charge is 2.30. The highest BCUT2D eigenvalue weighted by Crippen LogP contribution is 2.35. The lowest BCUT2D eigenvalue weighted by Gasteiger charge is -2.25. The van der Waals surface area contributed by atoms with Gasteiger partial charge in [0.1, 0.15) is 5.75 Å². The van der Waals surface area contributed by atoms with Crippen LogP contribution in [0.25, 0.3) is 0 Å². The molecular weight excluding hydrogens is 396 g/mol. The Hall–Kier alpha value is -2.98. The predicted octanol–water partition coefficient (Wildman–Crippen LogP) is 1.05. The smallest absolute Gasteiger partial charge is 0.265 e. The van der Waals surface area contributed by atoms with Gasteiger partial charge in [-0.15, -0.1) is 0 Å². The number of nitrogens with zero attached hydrogens (tertiary/aromatic N) is 2. The van der Waals surface area contributed by atoms with Crippen molar-refractivity contribution < 1.29 is 22.7 Å². The number of aryl methyl sites for hydroxylation is 1. The molecule has 9 nitrogen and oxygen atoms in total. The van der Waals surface area contributed by atoms with Gasteiger partial charge < -0.3 is 15.4 Å². The van der Waals surface area contributed by atoms with Crippen molar-refractivity contribution in [3.8, 4) is 5.75 Å². The van der Waals surface area contributed by atoms with E-state index in [4.69, 9.17) is 4.74 Å². The molecule has 2 N–H and O–H groups in total. The van der Waals surface area contributed by atoms with Gasteiger partial charge in [-0.2, -0.15) is 4.31 Å². The van der Waals surface area contributed by atoms with E-state index in [0.29, 0.717) is 16.9 Å². The summed E-state index contributed by atoms with van der Waals surface area (Å²) in [6, 6.07) is 8.24. The van der Waals surface area contributed by atoms with Crippen LogP contribution in [0.3, 0.4) is 0 Å². The highest BCUT2D eigenvalue weighted by atomic mass is 32.2. The molecule has 2 heterocycles. The molecule has 1 aromatic heterocycles. The first-order chi connectivity index (χ1) is 13.7. The fraction of sp³-hybridized carbons (Fsp3) is 0.316. The third kappa shape index (κ3) is 4.54. The highest BCUT2D eigenvalue weighted by molar-refractivity contribution is 7.89. The third-order valence-corrected chi connectivity index (χ3v) is 6.40. The van der Waals surface area contributed by atoms with Crippen molar-refractivity contribution in [1.82, 2.24) is 14.6 Å². The number of likely N-dealkylation sites (N-methyl/N-ethyl adjacent to an activating group) is 1. The molecule has 3 rings (SSSR count). The number of fused-ring (bicyclic) bond motifs is 1. The van der Waals surface area contributed by atoms with Crippen molar-refractivity contribution in [3.63, 3.8) is 0 Å². The summed E-state index contributed by atoms with van der Waals surface area (Å²) in [5.74, 6) is -0.474. The predicted molar refractivity (Wildman–Crippen MR) is 106 cm³/mol. The maximum atomic E-state index is 13.0. The molecule has 154 valence electrons. The van der Waals surface area contributed by atoms with Crippen molar-refractivity contribution in [3.05, 3.63) is 47.8 Å². The first-order valence-electron chi connectivity index (χ1n) is 8.93. The Morgan fingerprint density at radius 2 is 2.10 bits per heavy atom. The number of sulfonamides is 1. The first kappa shape index (κ1) is 20.7. The van der Waals surface area contributed by atoms with Gasteiger partial charge in [0.2, 0.25) is 15.9 Å². The fourth-order valence-corrected chi connectivity index (χ4v) is 4.17. The Kier molecular flexibility index (Phi) is 5.85. The van der Waals surface area contributed by atoms with Crippen molar-refractivity contribution in [1.29, 1.82) is 0 Å². The number of nitrogens with one attached hydrogen (secondary N) is 2. The van der Waals surface area contributed by atoms with Crippen LogP contribution >= 0.6 is 0 Å². The van der Waals surface area contributed by atoms with Gasteiger partial charge in [0, 0.05) is 19.3 Å². The van der Waals surface area contributed by atoms with Gasteiger partial charge in [-0.25, -0.2) is 8.42 Å². The molecule has 1 aliphatic heterocycles. The van der Waals surface area contributed by atoms with Crippen LogP contribution in [0, 0.1) is 6.92 Å². The minimum Gasteiger partial charge on any atom is -0.479 e. The lowest BCUT2D eigenvalue weighted by atomic mass is 10.1.